The fourth-order valence-corrected chi connectivity index (χ4v) is 5.11. The van der Waals surface area contributed by atoms with Gasteiger partial charge < -0.3 is 5.32 Å². The fourth-order valence-electron chi connectivity index (χ4n) is 2.71. The normalized spacial score (nSPS) is 24.6. The van der Waals surface area contributed by atoms with Gasteiger partial charge in [0.25, 0.3) is 0 Å². The molecule has 3 rings (SSSR count). The minimum atomic E-state index is 0.684. The zero-order chi connectivity index (χ0) is 12.2. The lowest BCUT2D eigenvalue weighted by molar-refractivity contribution is 0.813. The molecule has 2 aliphatic rings. The van der Waals surface area contributed by atoms with Gasteiger partial charge in [-0.1, -0.05) is 12.8 Å². The van der Waals surface area contributed by atoms with Gasteiger partial charge in [0.2, 0.25) is 0 Å². The van der Waals surface area contributed by atoms with E-state index in [-0.39, 0.29) is 0 Å². The molecule has 1 unspecified atom stereocenters. The Morgan fingerprint density at radius 2 is 1.83 bits per heavy atom. The molecule has 1 aliphatic heterocycles. The Labute approximate surface area is 119 Å². The summed E-state index contributed by atoms with van der Waals surface area (Å²) in [6.07, 6.45) is 6.98. The Bertz CT molecular complexity index is 328. The molecule has 98 valence electrons. The van der Waals surface area contributed by atoms with Crippen molar-refractivity contribution in [2.45, 2.75) is 48.3 Å². The SMILES string of the molecule is c1cc(SC2CCCC2)ccc1NC1CCSC1. The molecule has 1 aromatic carbocycles. The molecule has 0 spiro atoms. The molecule has 2 fully saturated rings. The average Bonchev–Trinajstić information content (AvgIpc) is 3.05. The summed E-state index contributed by atoms with van der Waals surface area (Å²) in [7, 11) is 0. The topological polar surface area (TPSA) is 12.0 Å². The second-order valence-corrected chi connectivity index (χ2v) is 7.78. The van der Waals surface area contributed by atoms with E-state index in [1.165, 1.54) is 54.2 Å². The molecule has 1 saturated carbocycles. The van der Waals surface area contributed by atoms with Gasteiger partial charge >= 0.3 is 0 Å². The van der Waals surface area contributed by atoms with Crippen LogP contribution in [0, 0.1) is 0 Å². The second kappa shape index (κ2) is 6.25. The minimum Gasteiger partial charge on any atom is -0.381 e. The fraction of sp³-hybridized carbons (Fsp3) is 0.600. The van der Waals surface area contributed by atoms with Crippen LogP contribution in [0.2, 0.25) is 0 Å². The molecule has 1 heterocycles. The number of hydrogen-bond acceptors (Lipinski definition) is 3. The van der Waals surface area contributed by atoms with Crippen molar-refractivity contribution in [1.29, 1.82) is 0 Å². The molecule has 1 saturated heterocycles. The molecule has 0 amide bonds. The van der Waals surface area contributed by atoms with Crippen LogP contribution in [0.1, 0.15) is 32.1 Å². The Kier molecular flexibility index (Phi) is 4.42. The lowest BCUT2D eigenvalue weighted by atomic mass is 10.2. The van der Waals surface area contributed by atoms with Crippen LogP contribution in [0.15, 0.2) is 29.2 Å². The summed E-state index contributed by atoms with van der Waals surface area (Å²) >= 11 is 4.13. The van der Waals surface area contributed by atoms with Gasteiger partial charge in [0.15, 0.2) is 0 Å². The van der Waals surface area contributed by atoms with E-state index in [2.05, 4.69) is 53.1 Å². The third-order valence-corrected chi connectivity index (χ3v) is 6.27. The summed E-state index contributed by atoms with van der Waals surface area (Å²) in [5.74, 6) is 2.58. The van der Waals surface area contributed by atoms with Crippen molar-refractivity contribution in [3.63, 3.8) is 0 Å². The van der Waals surface area contributed by atoms with Crippen molar-refractivity contribution in [2.24, 2.45) is 0 Å². The third kappa shape index (κ3) is 3.39. The highest BCUT2D eigenvalue weighted by molar-refractivity contribution is 8.00. The molecule has 0 aromatic heterocycles. The quantitative estimate of drug-likeness (QED) is 0.862. The van der Waals surface area contributed by atoms with Crippen LogP contribution in [-0.4, -0.2) is 22.8 Å². The largest absolute Gasteiger partial charge is 0.381 e. The first-order chi connectivity index (χ1) is 8.90. The second-order valence-electron chi connectivity index (χ2n) is 5.25. The first-order valence-electron chi connectivity index (χ1n) is 7.01. The summed E-state index contributed by atoms with van der Waals surface area (Å²) in [6.45, 7) is 0. The van der Waals surface area contributed by atoms with E-state index >= 15 is 0 Å². The molecular formula is C15H21NS2. The van der Waals surface area contributed by atoms with E-state index in [0.717, 1.165) is 5.25 Å². The first kappa shape index (κ1) is 12.7. The standard InChI is InChI=1S/C15H21NS2/c1-2-4-14(3-1)18-15-7-5-12(6-8-15)16-13-9-10-17-11-13/h5-8,13-14,16H,1-4,9-11H2. The van der Waals surface area contributed by atoms with Gasteiger partial charge in [-0.25, -0.2) is 0 Å². The number of anilines is 1. The molecule has 1 aliphatic carbocycles. The van der Waals surface area contributed by atoms with E-state index in [1.807, 2.05) is 0 Å². The Balaban J connectivity index is 1.54. The molecule has 1 aromatic rings. The number of thioether (sulfide) groups is 2. The van der Waals surface area contributed by atoms with Crippen LogP contribution in [0.3, 0.4) is 0 Å². The zero-order valence-electron chi connectivity index (χ0n) is 10.7. The highest BCUT2D eigenvalue weighted by atomic mass is 32.2. The average molecular weight is 279 g/mol. The number of hydrogen-bond donors (Lipinski definition) is 1. The van der Waals surface area contributed by atoms with Crippen LogP contribution in [0.5, 0.6) is 0 Å². The number of benzene rings is 1. The van der Waals surface area contributed by atoms with Gasteiger partial charge in [0.05, 0.1) is 0 Å². The third-order valence-electron chi connectivity index (χ3n) is 3.76. The van der Waals surface area contributed by atoms with Crippen LogP contribution < -0.4 is 5.32 Å². The maximum absolute atomic E-state index is 3.63. The highest BCUT2D eigenvalue weighted by Gasteiger charge is 2.17. The van der Waals surface area contributed by atoms with Crippen LogP contribution in [-0.2, 0) is 0 Å². The summed E-state index contributed by atoms with van der Waals surface area (Å²) in [5.41, 5.74) is 1.29. The van der Waals surface area contributed by atoms with Crippen molar-refractivity contribution in [2.75, 3.05) is 16.8 Å². The maximum Gasteiger partial charge on any atom is 0.0359 e. The van der Waals surface area contributed by atoms with Gasteiger partial charge in [-0.05, 0) is 49.3 Å². The summed E-state index contributed by atoms with van der Waals surface area (Å²) in [5, 5.41) is 4.50. The smallest absolute Gasteiger partial charge is 0.0359 e. The molecule has 18 heavy (non-hydrogen) atoms. The van der Waals surface area contributed by atoms with Crippen molar-refractivity contribution in [3.05, 3.63) is 24.3 Å². The van der Waals surface area contributed by atoms with Crippen molar-refractivity contribution in [1.82, 2.24) is 0 Å². The Morgan fingerprint density at radius 3 is 2.50 bits per heavy atom. The molecule has 1 N–H and O–H groups in total. The van der Waals surface area contributed by atoms with E-state index in [1.54, 1.807) is 0 Å². The van der Waals surface area contributed by atoms with Gasteiger partial charge in [-0.3, -0.25) is 0 Å². The number of nitrogens with one attached hydrogen (secondary N) is 1. The van der Waals surface area contributed by atoms with Crippen molar-refractivity contribution < 1.29 is 0 Å². The zero-order valence-corrected chi connectivity index (χ0v) is 12.4. The van der Waals surface area contributed by atoms with Gasteiger partial charge in [-0.2, -0.15) is 11.8 Å². The van der Waals surface area contributed by atoms with E-state index < -0.39 is 0 Å². The minimum absolute atomic E-state index is 0.684. The summed E-state index contributed by atoms with van der Waals surface area (Å²) < 4.78 is 0. The molecule has 1 nitrogen and oxygen atoms in total. The summed E-state index contributed by atoms with van der Waals surface area (Å²) in [6, 6.07) is 9.75. The first-order valence-corrected chi connectivity index (χ1v) is 9.04. The van der Waals surface area contributed by atoms with E-state index in [9.17, 15) is 0 Å². The molecule has 3 heteroatoms. The monoisotopic (exact) mass is 279 g/mol. The molecule has 1 atom stereocenters. The van der Waals surface area contributed by atoms with Crippen LogP contribution >= 0.6 is 23.5 Å². The van der Waals surface area contributed by atoms with Crippen molar-refractivity contribution >= 4 is 29.2 Å². The summed E-state index contributed by atoms with van der Waals surface area (Å²) in [4.78, 5) is 1.44. The molecule has 0 bridgehead atoms. The lowest BCUT2D eigenvalue weighted by Crippen LogP contribution is -2.17. The van der Waals surface area contributed by atoms with E-state index in [4.69, 9.17) is 0 Å². The van der Waals surface area contributed by atoms with E-state index in [0.29, 0.717) is 6.04 Å². The Hall–Kier alpha value is -0.280. The predicted octanol–water partition coefficient (Wildman–Crippen LogP) is 4.64. The van der Waals surface area contributed by atoms with Crippen LogP contribution in [0.4, 0.5) is 5.69 Å². The molecular weight excluding hydrogens is 258 g/mol. The Morgan fingerprint density at radius 1 is 1.06 bits per heavy atom. The number of rotatable bonds is 4. The predicted molar refractivity (Wildman–Crippen MR) is 83.9 cm³/mol. The van der Waals surface area contributed by atoms with Crippen LogP contribution in [0.25, 0.3) is 0 Å². The highest BCUT2D eigenvalue weighted by Crippen LogP contribution is 2.35. The lowest BCUT2D eigenvalue weighted by Gasteiger charge is -2.14. The van der Waals surface area contributed by atoms with Gasteiger partial charge in [0, 0.05) is 27.6 Å². The maximum atomic E-state index is 3.63. The van der Waals surface area contributed by atoms with Crippen molar-refractivity contribution in [3.8, 4) is 0 Å². The molecule has 0 radical (unpaired) electrons. The van der Waals surface area contributed by atoms with Gasteiger partial charge in [0.1, 0.15) is 0 Å². The van der Waals surface area contributed by atoms with Gasteiger partial charge in [-0.15, -0.1) is 11.8 Å².